The summed E-state index contributed by atoms with van der Waals surface area (Å²) in [6.07, 6.45) is 4.46. The smallest absolute Gasteiger partial charge is 0.0624 e. The molecule has 0 radical (unpaired) electrons. The lowest BCUT2D eigenvalue weighted by Gasteiger charge is -2.17. The number of hydrogen-bond donors (Lipinski definition) is 2. The summed E-state index contributed by atoms with van der Waals surface area (Å²) in [4.78, 5) is 0. The zero-order valence-corrected chi connectivity index (χ0v) is 10.8. The Morgan fingerprint density at radius 3 is 2.76 bits per heavy atom. The average molecular weight is 237 g/mol. The molecule has 1 aliphatic carbocycles. The number of aromatic nitrogens is 2. The Balaban J connectivity index is 2.01. The molecule has 2 rings (SSSR count). The molecule has 4 heteroatoms. The molecule has 1 unspecified atom stereocenters. The third-order valence-electron chi connectivity index (χ3n) is 3.30. The Morgan fingerprint density at radius 1 is 1.47 bits per heavy atom. The molecule has 0 spiro atoms. The molecule has 1 aromatic heterocycles. The Bertz CT molecular complexity index is 358. The summed E-state index contributed by atoms with van der Waals surface area (Å²) in [5.74, 6) is 0. The van der Waals surface area contributed by atoms with Crippen LogP contribution in [0.4, 0.5) is 0 Å². The van der Waals surface area contributed by atoms with E-state index in [2.05, 4.69) is 35.0 Å². The van der Waals surface area contributed by atoms with Gasteiger partial charge in [-0.15, -0.1) is 0 Å². The highest BCUT2D eigenvalue weighted by Gasteiger charge is 2.24. The highest BCUT2D eigenvalue weighted by Crippen LogP contribution is 2.19. The first-order chi connectivity index (χ1) is 8.26. The summed E-state index contributed by atoms with van der Waals surface area (Å²) in [7, 11) is 0. The molecule has 0 bridgehead atoms. The monoisotopic (exact) mass is 237 g/mol. The Morgan fingerprint density at radius 2 is 2.24 bits per heavy atom. The number of nitrogens with zero attached hydrogens (tertiary/aromatic N) is 2. The molecular weight excluding hydrogens is 214 g/mol. The number of aliphatic hydroxyl groups excluding tert-OH is 1. The van der Waals surface area contributed by atoms with Crippen molar-refractivity contribution in [2.24, 2.45) is 0 Å². The zero-order chi connectivity index (χ0) is 12.3. The molecule has 2 N–H and O–H groups in total. The van der Waals surface area contributed by atoms with E-state index in [-0.39, 0.29) is 12.6 Å². The minimum atomic E-state index is 0.136. The molecule has 0 aliphatic heterocycles. The first-order valence-corrected chi connectivity index (χ1v) is 6.69. The van der Waals surface area contributed by atoms with Crippen LogP contribution in [0.2, 0.25) is 0 Å². The van der Waals surface area contributed by atoms with E-state index >= 15 is 0 Å². The van der Waals surface area contributed by atoms with Gasteiger partial charge in [-0.05, 0) is 31.7 Å². The second-order valence-electron chi connectivity index (χ2n) is 4.84. The summed E-state index contributed by atoms with van der Waals surface area (Å²) in [6, 6.07) is 2.93. The first-order valence-electron chi connectivity index (χ1n) is 6.69. The van der Waals surface area contributed by atoms with Crippen molar-refractivity contribution in [1.82, 2.24) is 15.1 Å². The van der Waals surface area contributed by atoms with Crippen LogP contribution in [-0.4, -0.2) is 33.6 Å². The van der Waals surface area contributed by atoms with Crippen LogP contribution in [0, 0.1) is 0 Å². The van der Waals surface area contributed by atoms with Gasteiger partial charge in [0.25, 0.3) is 0 Å². The van der Waals surface area contributed by atoms with E-state index in [0.717, 1.165) is 25.1 Å². The van der Waals surface area contributed by atoms with Gasteiger partial charge in [0.05, 0.1) is 24.9 Å². The molecule has 0 aromatic carbocycles. The zero-order valence-electron chi connectivity index (χ0n) is 10.8. The molecule has 1 saturated carbocycles. The summed E-state index contributed by atoms with van der Waals surface area (Å²) < 4.78 is 2.05. The van der Waals surface area contributed by atoms with Crippen molar-refractivity contribution < 1.29 is 5.11 Å². The van der Waals surface area contributed by atoms with Crippen LogP contribution in [-0.2, 0) is 19.4 Å². The molecule has 0 amide bonds. The molecule has 4 nitrogen and oxygen atoms in total. The van der Waals surface area contributed by atoms with Crippen LogP contribution in [0.3, 0.4) is 0 Å². The van der Waals surface area contributed by atoms with Crippen molar-refractivity contribution in [2.75, 3.05) is 6.61 Å². The molecule has 1 atom stereocenters. The van der Waals surface area contributed by atoms with Gasteiger partial charge in [0.15, 0.2) is 0 Å². The topological polar surface area (TPSA) is 50.1 Å². The molecule has 0 saturated heterocycles. The third kappa shape index (κ3) is 3.30. The van der Waals surface area contributed by atoms with Gasteiger partial charge >= 0.3 is 0 Å². The van der Waals surface area contributed by atoms with Crippen LogP contribution in [0.5, 0.6) is 0 Å². The van der Waals surface area contributed by atoms with Crippen LogP contribution >= 0.6 is 0 Å². The van der Waals surface area contributed by atoms with Gasteiger partial charge in [-0.3, -0.25) is 4.68 Å². The third-order valence-corrected chi connectivity index (χ3v) is 3.30. The predicted octanol–water partition coefficient (Wildman–Crippen LogP) is 1.12. The minimum Gasteiger partial charge on any atom is -0.395 e. The molecule has 1 aromatic rings. The van der Waals surface area contributed by atoms with E-state index < -0.39 is 0 Å². The SMILES string of the molecule is CCc1cc(CC)n(CC(CO)NC2CC2)n1. The predicted molar refractivity (Wildman–Crippen MR) is 68.0 cm³/mol. The van der Waals surface area contributed by atoms with E-state index in [4.69, 9.17) is 0 Å². The summed E-state index contributed by atoms with van der Waals surface area (Å²) in [6.45, 7) is 5.23. The van der Waals surface area contributed by atoms with E-state index in [1.54, 1.807) is 0 Å². The van der Waals surface area contributed by atoms with Crippen molar-refractivity contribution in [1.29, 1.82) is 0 Å². The van der Waals surface area contributed by atoms with Gasteiger partial charge in [-0.25, -0.2) is 0 Å². The lowest BCUT2D eigenvalue weighted by atomic mass is 10.2. The summed E-state index contributed by atoms with van der Waals surface area (Å²) >= 11 is 0. The van der Waals surface area contributed by atoms with Crippen LogP contribution < -0.4 is 5.32 Å². The van der Waals surface area contributed by atoms with E-state index in [1.807, 2.05) is 0 Å². The van der Waals surface area contributed by atoms with Crippen molar-refractivity contribution >= 4 is 0 Å². The fraction of sp³-hybridized carbons (Fsp3) is 0.769. The summed E-state index contributed by atoms with van der Waals surface area (Å²) in [5.41, 5.74) is 2.41. The normalized spacial score (nSPS) is 17.4. The Kier molecular flexibility index (Phi) is 4.18. The molecule has 1 heterocycles. The standard InChI is InChI=1S/C13H23N3O/c1-3-10-7-13(4-2)16(15-10)8-12(9-17)14-11-5-6-11/h7,11-12,14,17H,3-6,8-9H2,1-2H3. The van der Waals surface area contributed by atoms with Crippen LogP contribution in [0.15, 0.2) is 6.07 Å². The largest absolute Gasteiger partial charge is 0.395 e. The number of aryl methyl sites for hydroxylation is 2. The van der Waals surface area contributed by atoms with Gasteiger partial charge in [0.1, 0.15) is 0 Å². The second kappa shape index (κ2) is 5.65. The maximum absolute atomic E-state index is 9.39. The lowest BCUT2D eigenvalue weighted by molar-refractivity contribution is 0.223. The Labute approximate surface area is 103 Å². The van der Waals surface area contributed by atoms with Crippen molar-refractivity contribution in [3.8, 4) is 0 Å². The van der Waals surface area contributed by atoms with Crippen LogP contribution in [0.1, 0.15) is 38.1 Å². The van der Waals surface area contributed by atoms with Crippen molar-refractivity contribution in [2.45, 2.75) is 58.2 Å². The Hall–Kier alpha value is -0.870. The van der Waals surface area contributed by atoms with Crippen molar-refractivity contribution in [3.05, 3.63) is 17.5 Å². The summed E-state index contributed by atoms with van der Waals surface area (Å²) in [5, 5.41) is 17.4. The van der Waals surface area contributed by atoms with Gasteiger partial charge < -0.3 is 10.4 Å². The number of aliphatic hydroxyl groups is 1. The van der Waals surface area contributed by atoms with Gasteiger partial charge in [0, 0.05) is 11.7 Å². The minimum absolute atomic E-state index is 0.136. The highest BCUT2D eigenvalue weighted by molar-refractivity contribution is 5.10. The van der Waals surface area contributed by atoms with Gasteiger partial charge in [-0.1, -0.05) is 13.8 Å². The van der Waals surface area contributed by atoms with Crippen molar-refractivity contribution in [3.63, 3.8) is 0 Å². The van der Waals surface area contributed by atoms with E-state index in [0.29, 0.717) is 6.04 Å². The average Bonchev–Trinajstić information content (AvgIpc) is 3.07. The van der Waals surface area contributed by atoms with E-state index in [1.165, 1.54) is 18.5 Å². The first kappa shape index (κ1) is 12.6. The fourth-order valence-corrected chi connectivity index (χ4v) is 2.09. The molecule has 96 valence electrons. The second-order valence-corrected chi connectivity index (χ2v) is 4.84. The maximum atomic E-state index is 9.39. The molecular formula is C13H23N3O. The number of nitrogens with one attached hydrogen (secondary N) is 1. The number of rotatable bonds is 7. The fourth-order valence-electron chi connectivity index (χ4n) is 2.09. The highest BCUT2D eigenvalue weighted by atomic mass is 16.3. The van der Waals surface area contributed by atoms with E-state index in [9.17, 15) is 5.11 Å². The quantitative estimate of drug-likeness (QED) is 0.747. The van der Waals surface area contributed by atoms with Gasteiger partial charge in [-0.2, -0.15) is 5.10 Å². The lowest BCUT2D eigenvalue weighted by Crippen LogP contribution is -2.38. The maximum Gasteiger partial charge on any atom is 0.0624 e. The molecule has 17 heavy (non-hydrogen) atoms. The number of hydrogen-bond acceptors (Lipinski definition) is 3. The molecule has 1 fully saturated rings. The van der Waals surface area contributed by atoms with Crippen LogP contribution in [0.25, 0.3) is 0 Å². The van der Waals surface area contributed by atoms with Gasteiger partial charge in [0.2, 0.25) is 0 Å². The molecule has 1 aliphatic rings.